The highest BCUT2D eigenvalue weighted by Gasteiger charge is 2.14. The molecule has 6 heteroatoms. The second kappa shape index (κ2) is 3.38. The number of nitroso groups, excluding NO2 is 1. The maximum absolute atomic E-state index is 10.6. The number of hydrogen-bond donors (Lipinski definition) is 0. The fraction of sp³-hybridized carbons (Fsp3) is 0.125. The van der Waals surface area contributed by atoms with Gasteiger partial charge in [0.2, 0.25) is 0 Å². The van der Waals surface area contributed by atoms with Crippen LogP contribution in [0.25, 0.3) is 5.52 Å². The second-order valence-electron chi connectivity index (χ2n) is 2.59. The van der Waals surface area contributed by atoms with E-state index in [2.05, 4.69) is 26.2 Å². The molecule has 5 nitrogen and oxygen atoms in total. The van der Waals surface area contributed by atoms with Gasteiger partial charge in [-0.25, -0.2) is 4.52 Å². The summed E-state index contributed by atoms with van der Waals surface area (Å²) < 4.78 is 7.22. The summed E-state index contributed by atoms with van der Waals surface area (Å²) in [7, 11) is 1.45. The zero-order chi connectivity index (χ0) is 10.1. The first-order valence-corrected chi connectivity index (χ1v) is 4.62. The lowest BCUT2D eigenvalue weighted by molar-refractivity contribution is 0.396. The molecule has 0 aliphatic heterocycles. The Morgan fingerprint density at radius 2 is 2.36 bits per heavy atom. The van der Waals surface area contributed by atoms with Gasteiger partial charge in [0.15, 0.2) is 5.69 Å². The molecule has 2 rings (SSSR count). The molecule has 72 valence electrons. The highest BCUT2D eigenvalue weighted by Crippen LogP contribution is 2.32. The molecule has 0 saturated heterocycles. The lowest BCUT2D eigenvalue weighted by Crippen LogP contribution is -1.89. The van der Waals surface area contributed by atoms with Crippen molar-refractivity contribution in [2.45, 2.75) is 0 Å². The van der Waals surface area contributed by atoms with E-state index >= 15 is 0 Å². The molecular weight excluding hydrogens is 250 g/mol. The third kappa shape index (κ3) is 1.19. The SMILES string of the molecule is COc1nn2c(Br)cccc2c1N=O. The number of fused-ring (bicyclic) bond motifs is 1. The average Bonchev–Trinajstić information content (AvgIpc) is 2.57. The van der Waals surface area contributed by atoms with Crippen LogP contribution in [-0.2, 0) is 0 Å². The van der Waals surface area contributed by atoms with Crippen molar-refractivity contribution in [1.82, 2.24) is 9.61 Å². The predicted octanol–water partition coefficient (Wildman–Crippen LogP) is 2.50. The van der Waals surface area contributed by atoms with Crippen LogP contribution in [-0.4, -0.2) is 16.7 Å². The number of hydrogen-bond acceptors (Lipinski definition) is 4. The Hall–Kier alpha value is -1.43. The van der Waals surface area contributed by atoms with Gasteiger partial charge in [0.1, 0.15) is 10.1 Å². The van der Waals surface area contributed by atoms with Gasteiger partial charge in [-0.15, -0.1) is 10.0 Å². The molecular formula is C8H6BrN3O2. The first kappa shape index (κ1) is 9.14. The zero-order valence-corrected chi connectivity index (χ0v) is 8.85. The molecule has 0 amide bonds. The fourth-order valence-electron chi connectivity index (χ4n) is 1.23. The lowest BCUT2D eigenvalue weighted by atomic mass is 10.4. The summed E-state index contributed by atoms with van der Waals surface area (Å²) in [5, 5.41) is 6.95. The standard InChI is InChI=1S/C8H6BrN3O2/c1-14-8-7(11-13)5-3-2-4-6(9)12(5)10-8/h2-4H,1H3. The molecule has 0 radical (unpaired) electrons. The van der Waals surface area contributed by atoms with E-state index in [0.717, 1.165) is 4.60 Å². The summed E-state index contributed by atoms with van der Waals surface area (Å²) in [5.74, 6) is 0.229. The third-order valence-corrected chi connectivity index (χ3v) is 2.44. The van der Waals surface area contributed by atoms with E-state index in [-0.39, 0.29) is 11.6 Å². The van der Waals surface area contributed by atoms with E-state index < -0.39 is 0 Å². The molecule has 0 bridgehead atoms. The van der Waals surface area contributed by atoms with Gasteiger partial charge < -0.3 is 4.74 Å². The van der Waals surface area contributed by atoms with E-state index in [4.69, 9.17) is 4.74 Å². The minimum absolute atomic E-state index is 0.216. The van der Waals surface area contributed by atoms with Crippen LogP contribution in [0.5, 0.6) is 5.88 Å². The number of methoxy groups -OCH3 is 1. The molecule has 0 aliphatic carbocycles. The third-order valence-electron chi connectivity index (χ3n) is 1.84. The highest BCUT2D eigenvalue weighted by atomic mass is 79.9. The van der Waals surface area contributed by atoms with Crippen LogP contribution in [0.4, 0.5) is 5.69 Å². The van der Waals surface area contributed by atoms with Gasteiger partial charge in [-0.3, -0.25) is 0 Å². The van der Waals surface area contributed by atoms with Crippen LogP contribution in [0.2, 0.25) is 0 Å². The smallest absolute Gasteiger partial charge is 0.263 e. The molecule has 0 fully saturated rings. The molecule has 0 spiro atoms. The van der Waals surface area contributed by atoms with Crippen LogP contribution in [0, 0.1) is 4.91 Å². The number of rotatable bonds is 2. The number of pyridine rings is 1. The van der Waals surface area contributed by atoms with Gasteiger partial charge in [-0.1, -0.05) is 6.07 Å². The van der Waals surface area contributed by atoms with Gasteiger partial charge in [0, 0.05) is 0 Å². The number of halogens is 1. The minimum atomic E-state index is 0.216. The van der Waals surface area contributed by atoms with E-state index in [0.29, 0.717) is 5.52 Å². The van der Waals surface area contributed by atoms with Crippen LogP contribution < -0.4 is 4.74 Å². The van der Waals surface area contributed by atoms with Crippen molar-refractivity contribution in [2.75, 3.05) is 7.11 Å². The summed E-state index contributed by atoms with van der Waals surface area (Å²) in [4.78, 5) is 10.6. The maximum Gasteiger partial charge on any atom is 0.263 e. The van der Waals surface area contributed by atoms with Crippen LogP contribution in [0.1, 0.15) is 0 Å². The van der Waals surface area contributed by atoms with Crippen molar-refractivity contribution < 1.29 is 4.74 Å². The minimum Gasteiger partial charge on any atom is -0.478 e. The molecule has 2 aromatic heterocycles. The molecule has 14 heavy (non-hydrogen) atoms. The summed E-state index contributed by atoms with van der Waals surface area (Å²) in [5.41, 5.74) is 0.833. The first-order valence-electron chi connectivity index (χ1n) is 3.82. The maximum atomic E-state index is 10.6. The van der Waals surface area contributed by atoms with Gasteiger partial charge in [-0.2, -0.15) is 0 Å². The van der Waals surface area contributed by atoms with Crippen molar-refractivity contribution in [2.24, 2.45) is 5.18 Å². The van der Waals surface area contributed by atoms with Gasteiger partial charge in [0.05, 0.1) is 7.11 Å². The Balaban J connectivity index is 2.86. The topological polar surface area (TPSA) is 56.0 Å². The van der Waals surface area contributed by atoms with Crippen molar-refractivity contribution in [3.8, 4) is 5.88 Å². The van der Waals surface area contributed by atoms with Crippen molar-refractivity contribution in [1.29, 1.82) is 0 Å². The predicted molar refractivity (Wildman–Crippen MR) is 54.9 cm³/mol. The summed E-state index contributed by atoms with van der Waals surface area (Å²) >= 11 is 3.30. The fourth-order valence-corrected chi connectivity index (χ4v) is 1.65. The Kier molecular flexibility index (Phi) is 2.20. The summed E-state index contributed by atoms with van der Waals surface area (Å²) in [6, 6.07) is 5.36. The van der Waals surface area contributed by atoms with Gasteiger partial charge >= 0.3 is 0 Å². The van der Waals surface area contributed by atoms with E-state index in [1.165, 1.54) is 7.11 Å². The first-order chi connectivity index (χ1) is 6.77. The number of nitrogens with zero attached hydrogens (tertiary/aromatic N) is 3. The average molecular weight is 256 g/mol. The van der Waals surface area contributed by atoms with Crippen LogP contribution >= 0.6 is 15.9 Å². The normalized spacial score (nSPS) is 10.4. The molecule has 0 aliphatic rings. The van der Waals surface area contributed by atoms with E-state index in [9.17, 15) is 4.91 Å². The molecule has 0 N–H and O–H groups in total. The van der Waals surface area contributed by atoms with Gasteiger partial charge in [-0.05, 0) is 33.2 Å². The van der Waals surface area contributed by atoms with Crippen molar-refractivity contribution in [3.63, 3.8) is 0 Å². The quantitative estimate of drug-likeness (QED) is 0.612. The van der Waals surface area contributed by atoms with Crippen LogP contribution in [0.3, 0.4) is 0 Å². The van der Waals surface area contributed by atoms with E-state index in [1.807, 2.05) is 6.07 Å². The van der Waals surface area contributed by atoms with E-state index in [1.54, 1.807) is 16.6 Å². The number of ether oxygens (including phenoxy) is 1. The largest absolute Gasteiger partial charge is 0.478 e. The number of aromatic nitrogens is 2. The Morgan fingerprint density at radius 1 is 1.57 bits per heavy atom. The molecule has 2 heterocycles. The molecule has 0 saturated carbocycles. The Labute approximate surface area is 87.8 Å². The zero-order valence-electron chi connectivity index (χ0n) is 7.27. The second-order valence-corrected chi connectivity index (χ2v) is 3.41. The van der Waals surface area contributed by atoms with Crippen molar-refractivity contribution >= 4 is 27.1 Å². The Bertz CT molecular complexity index is 495. The lowest BCUT2D eigenvalue weighted by Gasteiger charge is -1.93. The van der Waals surface area contributed by atoms with Crippen molar-refractivity contribution in [3.05, 3.63) is 27.7 Å². The summed E-state index contributed by atoms with van der Waals surface area (Å²) in [6.07, 6.45) is 0. The summed E-state index contributed by atoms with van der Waals surface area (Å²) in [6.45, 7) is 0. The Morgan fingerprint density at radius 3 is 3.00 bits per heavy atom. The molecule has 0 aromatic carbocycles. The highest BCUT2D eigenvalue weighted by molar-refractivity contribution is 9.10. The molecule has 2 aromatic rings. The molecule has 0 atom stereocenters. The van der Waals surface area contributed by atoms with Crippen LogP contribution in [0.15, 0.2) is 28.0 Å². The van der Waals surface area contributed by atoms with Gasteiger partial charge in [0.25, 0.3) is 5.88 Å². The molecule has 0 unspecified atom stereocenters. The monoisotopic (exact) mass is 255 g/mol.